The molecule has 0 amide bonds. The molecule has 0 bridgehead atoms. The maximum absolute atomic E-state index is 12.8. The van der Waals surface area contributed by atoms with Gasteiger partial charge in [-0.15, -0.1) is 0 Å². The molecule has 0 aromatic carbocycles. The predicted molar refractivity (Wildman–Crippen MR) is 270 cm³/mol. The molecule has 63 heavy (non-hydrogen) atoms. The normalized spacial score (nSPS) is 13.0. The van der Waals surface area contributed by atoms with Crippen molar-refractivity contribution in [2.75, 3.05) is 13.2 Å². The molecule has 356 valence electrons. The van der Waals surface area contributed by atoms with Crippen LogP contribution in [0.4, 0.5) is 0 Å². The molecule has 0 saturated heterocycles. The number of hydrogen-bond donors (Lipinski definition) is 0. The van der Waals surface area contributed by atoms with Crippen LogP contribution in [0.2, 0.25) is 0 Å². The maximum Gasteiger partial charge on any atom is 0.306 e. The van der Waals surface area contributed by atoms with E-state index >= 15 is 0 Å². The number of ether oxygens (including phenoxy) is 3. The number of esters is 3. The summed E-state index contributed by atoms with van der Waals surface area (Å²) in [6.45, 7) is 6.41. The molecule has 0 N–H and O–H groups in total. The van der Waals surface area contributed by atoms with Crippen LogP contribution in [-0.4, -0.2) is 37.2 Å². The molecule has 0 saturated carbocycles. The van der Waals surface area contributed by atoms with Crippen molar-refractivity contribution < 1.29 is 28.6 Å². The van der Waals surface area contributed by atoms with Gasteiger partial charge in [-0.05, 0) is 83.5 Å². The molecular formula is C57H92O6. The summed E-state index contributed by atoms with van der Waals surface area (Å²) in [6, 6.07) is 0. The highest BCUT2D eigenvalue weighted by atomic mass is 16.6. The first-order valence-electron chi connectivity index (χ1n) is 25.5. The smallest absolute Gasteiger partial charge is 0.306 e. The molecule has 0 radical (unpaired) electrons. The van der Waals surface area contributed by atoms with Crippen molar-refractivity contribution in [3.63, 3.8) is 0 Å². The van der Waals surface area contributed by atoms with Crippen molar-refractivity contribution in [2.24, 2.45) is 0 Å². The van der Waals surface area contributed by atoms with E-state index in [-0.39, 0.29) is 31.1 Å². The Bertz CT molecular complexity index is 1330. The first-order chi connectivity index (χ1) is 31.0. The number of hydrogen-bond acceptors (Lipinski definition) is 6. The Morgan fingerprint density at radius 2 is 0.651 bits per heavy atom. The van der Waals surface area contributed by atoms with E-state index in [2.05, 4.69) is 130 Å². The summed E-state index contributed by atoms with van der Waals surface area (Å²) in [4.78, 5) is 38.0. The van der Waals surface area contributed by atoms with Crippen LogP contribution in [-0.2, 0) is 28.6 Å². The van der Waals surface area contributed by atoms with Crippen LogP contribution in [0.1, 0.15) is 213 Å². The molecule has 0 heterocycles. The van der Waals surface area contributed by atoms with Gasteiger partial charge in [-0.1, -0.05) is 220 Å². The number of allylic oxidation sites excluding steroid dienone is 18. The van der Waals surface area contributed by atoms with Crippen LogP contribution in [0.5, 0.6) is 0 Å². The molecule has 1 atom stereocenters. The Balaban J connectivity index is 4.53. The van der Waals surface area contributed by atoms with Gasteiger partial charge in [-0.3, -0.25) is 14.4 Å². The second-order valence-electron chi connectivity index (χ2n) is 16.5. The van der Waals surface area contributed by atoms with Crippen LogP contribution in [0.3, 0.4) is 0 Å². The lowest BCUT2D eigenvalue weighted by Gasteiger charge is -2.18. The monoisotopic (exact) mass is 873 g/mol. The predicted octanol–water partition coefficient (Wildman–Crippen LogP) is 16.8. The number of unbranched alkanes of at least 4 members (excludes halogenated alkanes) is 20. The summed E-state index contributed by atoms with van der Waals surface area (Å²) >= 11 is 0. The van der Waals surface area contributed by atoms with Crippen LogP contribution < -0.4 is 0 Å². The molecular weight excluding hydrogens is 781 g/mol. The Labute approximate surface area is 387 Å². The van der Waals surface area contributed by atoms with Crippen LogP contribution in [0.15, 0.2) is 109 Å². The van der Waals surface area contributed by atoms with Gasteiger partial charge in [0.1, 0.15) is 13.2 Å². The second-order valence-corrected chi connectivity index (χ2v) is 16.5. The standard InChI is InChI=1S/C57H92O6/c1-4-7-10-13-16-19-22-25-28-31-34-37-40-43-46-49-55(58)61-52-54(63-57(60)51-48-45-42-39-36-33-30-27-24-21-18-15-12-9-6-3)53-62-56(59)50-47-44-41-38-35-32-29-26-23-20-17-14-11-8-5-2/h13-25,27-30,32,54H,4-12,26,31,33-53H2,1-3H3. The Morgan fingerprint density at radius 3 is 1.06 bits per heavy atom. The van der Waals surface area contributed by atoms with Gasteiger partial charge in [0.05, 0.1) is 0 Å². The number of rotatable bonds is 44. The lowest BCUT2D eigenvalue weighted by Crippen LogP contribution is -2.30. The highest BCUT2D eigenvalue weighted by Crippen LogP contribution is 2.13. The highest BCUT2D eigenvalue weighted by Gasteiger charge is 2.19. The molecule has 0 fully saturated rings. The van der Waals surface area contributed by atoms with Crippen molar-refractivity contribution in [2.45, 2.75) is 219 Å². The van der Waals surface area contributed by atoms with Gasteiger partial charge in [0.25, 0.3) is 0 Å². The minimum Gasteiger partial charge on any atom is -0.462 e. The first-order valence-corrected chi connectivity index (χ1v) is 25.5. The zero-order chi connectivity index (χ0) is 45.8. The molecule has 0 aromatic heterocycles. The molecule has 0 aliphatic heterocycles. The van der Waals surface area contributed by atoms with E-state index in [1.165, 1.54) is 38.5 Å². The minimum atomic E-state index is -0.809. The van der Waals surface area contributed by atoms with Gasteiger partial charge < -0.3 is 14.2 Å². The van der Waals surface area contributed by atoms with E-state index in [1.54, 1.807) is 0 Å². The van der Waals surface area contributed by atoms with Crippen molar-refractivity contribution in [1.29, 1.82) is 0 Å². The quantitative estimate of drug-likeness (QED) is 0.0199. The van der Waals surface area contributed by atoms with Crippen LogP contribution in [0, 0.1) is 0 Å². The van der Waals surface area contributed by atoms with Gasteiger partial charge in [0.15, 0.2) is 6.10 Å². The molecule has 0 aromatic rings. The third-order valence-electron chi connectivity index (χ3n) is 10.4. The third-order valence-corrected chi connectivity index (χ3v) is 10.4. The molecule has 1 unspecified atom stereocenters. The minimum absolute atomic E-state index is 0.107. The summed E-state index contributed by atoms with van der Waals surface area (Å²) in [5.74, 6) is -0.975. The van der Waals surface area contributed by atoms with Crippen molar-refractivity contribution in [3.05, 3.63) is 109 Å². The Hall–Kier alpha value is -3.93. The fraction of sp³-hybridized carbons (Fsp3) is 0.632. The number of carbonyl (C=O) groups excluding carboxylic acids is 3. The zero-order valence-corrected chi connectivity index (χ0v) is 40.5. The van der Waals surface area contributed by atoms with Crippen molar-refractivity contribution in [3.8, 4) is 0 Å². The first kappa shape index (κ1) is 59.1. The topological polar surface area (TPSA) is 78.9 Å². The van der Waals surface area contributed by atoms with Gasteiger partial charge in [0.2, 0.25) is 0 Å². The fourth-order valence-corrected chi connectivity index (χ4v) is 6.43. The average molecular weight is 873 g/mol. The summed E-state index contributed by atoms with van der Waals surface area (Å²) < 4.78 is 16.7. The van der Waals surface area contributed by atoms with Crippen LogP contribution >= 0.6 is 0 Å². The summed E-state index contributed by atoms with van der Waals surface area (Å²) in [5.41, 5.74) is 0. The SMILES string of the molecule is CCCCC=CC=CC=CCCCCCCCC(=O)OCC(COC(=O)CCCCCCC=CCC=CC=CCCCC)OC(=O)CCCCCCCC=CC=CC=CCCCC. The molecule has 6 heteroatoms. The summed E-state index contributed by atoms with van der Waals surface area (Å²) in [6.07, 6.45) is 67.7. The van der Waals surface area contributed by atoms with Gasteiger partial charge in [0, 0.05) is 19.3 Å². The lowest BCUT2D eigenvalue weighted by molar-refractivity contribution is -0.167. The van der Waals surface area contributed by atoms with Crippen molar-refractivity contribution >= 4 is 17.9 Å². The molecule has 0 aliphatic rings. The summed E-state index contributed by atoms with van der Waals surface area (Å²) in [7, 11) is 0. The summed E-state index contributed by atoms with van der Waals surface area (Å²) in [5, 5.41) is 0. The van der Waals surface area contributed by atoms with Crippen LogP contribution in [0.25, 0.3) is 0 Å². The van der Waals surface area contributed by atoms with E-state index in [0.717, 1.165) is 135 Å². The van der Waals surface area contributed by atoms with Gasteiger partial charge in [-0.25, -0.2) is 0 Å². The van der Waals surface area contributed by atoms with Gasteiger partial charge in [-0.2, -0.15) is 0 Å². The number of carbonyl (C=O) groups is 3. The molecule has 0 aliphatic carbocycles. The lowest BCUT2D eigenvalue weighted by atomic mass is 10.1. The Kier molecular flexibility index (Phi) is 47.5. The second kappa shape index (κ2) is 50.7. The molecule has 0 rings (SSSR count). The molecule has 0 spiro atoms. The average Bonchev–Trinajstić information content (AvgIpc) is 3.28. The highest BCUT2D eigenvalue weighted by molar-refractivity contribution is 5.71. The van der Waals surface area contributed by atoms with E-state index in [1.807, 2.05) is 0 Å². The van der Waals surface area contributed by atoms with E-state index < -0.39 is 6.10 Å². The van der Waals surface area contributed by atoms with E-state index in [9.17, 15) is 14.4 Å². The largest absolute Gasteiger partial charge is 0.462 e. The zero-order valence-electron chi connectivity index (χ0n) is 40.5. The maximum atomic E-state index is 12.8. The van der Waals surface area contributed by atoms with E-state index in [0.29, 0.717) is 19.3 Å². The Morgan fingerprint density at radius 1 is 0.333 bits per heavy atom. The van der Waals surface area contributed by atoms with Gasteiger partial charge >= 0.3 is 17.9 Å². The third kappa shape index (κ3) is 49.0. The van der Waals surface area contributed by atoms with E-state index in [4.69, 9.17) is 14.2 Å². The van der Waals surface area contributed by atoms with Crippen molar-refractivity contribution in [1.82, 2.24) is 0 Å². The fourth-order valence-electron chi connectivity index (χ4n) is 6.43. The molecule has 6 nitrogen and oxygen atoms in total.